The molecule has 1 aliphatic rings. The second-order valence-electron chi connectivity index (χ2n) is 6.48. The van der Waals surface area contributed by atoms with E-state index < -0.39 is 21.2 Å². The van der Waals surface area contributed by atoms with Crippen molar-refractivity contribution in [3.63, 3.8) is 0 Å². The number of hydrogen-bond acceptors (Lipinski definition) is 5. The Kier molecular flexibility index (Phi) is 5.77. The van der Waals surface area contributed by atoms with Crippen molar-refractivity contribution in [2.75, 3.05) is 6.61 Å². The van der Waals surface area contributed by atoms with Gasteiger partial charge in [0.2, 0.25) is 0 Å². The van der Waals surface area contributed by atoms with E-state index >= 15 is 0 Å². The van der Waals surface area contributed by atoms with Gasteiger partial charge in [-0.15, -0.1) is 0 Å². The molecule has 1 heterocycles. The van der Waals surface area contributed by atoms with Crippen molar-refractivity contribution >= 4 is 15.8 Å². The minimum atomic E-state index is -3.81. The topological polar surface area (TPSA) is 72.5 Å². The molecule has 142 valence electrons. The van der Waals surface area contributed by atoms with E-state index in [-0.39, 0.29) is 23.1 Å². The van der Waals surface area contributed by atoms with Gasteiger partial charge in [-0.25, -0.2) is 13.2 Å². The van der Waals surface area contributed by atoms with Gasteiger partial charge < -0.3 is 4.74 Å². The summed E-state index contributed by atoms with van der Waals surface area (Å²) in [6, 6.07) is 16.0. The summed E-state index contributed by atoms with van der Waals surface area (Å²) in [5.41, 5.74) is 2.08. The SMILES string of the molecule is CCOC(=O)C1=CCC(c2ccccc2)NC1S(=O)(=O)c1ccc(C)cc1. The number of esters is 1. The summed E-state index contributed by atoms with van der Waals surface area (Å²) in [7, 11) is -3.81. The fraction of sp³-hybridized carbons (Fsp3) is 0.286. The summed E-state index contributed by atoms with van der Waals surface area (Å²) < 4.78 is 31.7. The van der Waals surface area contributed by atoms with Crippen LogP contribution in [0.1, 0.15) is 30.5 Å². The maximum absolute atomic E-state index is 13.3. The Morgan fingerprint density at radius 1 is 1.11 bits per heavy atom. The number of carbonyl (C=O) groups excluding carboxylic acids is 1. The van der Waals surface area contributed by atoms with Gasteiger partial charge in [0.1, 0.15) is 5.37 Å². The quantitative estimate of drug-likeness (QED) is 0.800. The van der Waals surface area contributed by atoms with Crippen molar-refractivity contribution in [3.05, 3.63) is 77.4 Å². The first kappa shape index (κ1) is 19.3. The summed E-state index contributed by atoms with van der Waals surface area (Å²) in [5, 5.41) is 2.00. The van der Waals surface area contributed by atoms with Gasteiger partial charge in [0.05, 0.1) is 17.1 Å². The zero-order valence-corrected chi connectivity index (χ0v) is 16.2. The number of aryl methyl sites for hydroxylation is 1. The highest BCUT2D eigenvalue weighted by Crippen LogP contribution is 2.30. The molecule has 2 aromatic rings. The third kappa shape index (κ3) is 4.12. The normalized spacial score (nSPS) is 20.0. The Morgan fingerprint density at radius 3 is 2.41 bits per heavy atom. The molecule has 6 heteroatoms. The van der Waals surface area contributed by atoms with E-state index in [9.17, 15) is 13.2 Å². The molecule has 2 atom stereocenters. The molecule has 0 bridgehead atoms. The molecule has 2 aromatic carbocycles. The number of hydrogen-bond donors (Lipinski definition) is 1. The molecule has 2 unspecified atom stereocenters. The van der Waals surface area contributed by atoms with Crippen molar-refractivity contribution < 1.29 is 17.9 Å². The molecule has 3 rings (SSSR count). The van der Waals surface area contributed by atoms with Gasteiger partial charge in [0.15, 0.2) is 9.84 Å². The second-order valence-corrected chi connectivity index (χ2v) is 8.52. The van der Waals surface area contributed by atoms with Crippen LogP contribution in [0, 0.1) is 6.92 Å². The molecule has 5 nitrogen and oxygen atoms in total. The molecular formula is C21H23NO4S. The third-order valence-electron chi connectivity index (χ3n) is 4.58. The fourth-order valence-electron chi connectivity index (χ4n) is 3.14. The van der Waals surface area contributed by atoms with Crippen LogP contribution in [0.15, 0.2) is 71.1 Å². The molecule has 0 aliphatic carbocycles. The highest BCUT2D eigenvalue weighted by Gasteiger charge is 2.39. The summed E-state index contributed by atoms with van der Waals surface area (Å²) >= 11 is 0. The minimum absolute atomic E-state index is 0.143. The molecule has 0 fully saturated rings. The molecule has 0 saturated carbocycles. The lowest BCUT2D eigenvalue weighted by Crippen LogP contribution is -2.45. The number of nitrogens with one attached hydrogen (secondary N) is 1. The highest BCUT2D eigenvalue weighted by molar-refractivity contribution is 7.92. The maximum Gasteiger partial charge on any atom is 0.336 e. The zero-order chi connectivity index (χ0) is 19.4. The van der Waals surface area contributed by atoms with Gasteiger partial charge in [-0.3, -0.25) is 5.32 Å². The van der Waals surface area contributed by atoms with Gasteiger partial charge in [-0.2, -0.15) is 0 Å². The van der Waals surface area contributed by atoms with Crippen LogP contribution >= 0.6 is 0 Å². The summed E-state index contributed by atoms with van der Waals surface area (Å²) in [6.07, 6.45) is 2.20. The predicted octanol–water partition coefficient (Wildman–Crippen LogP) is 3.32. The average molecular weight is 385 g/mol. The largest absolute Gasteiger partial charge is 0.463 e. The smallest absolute Gasteiger partial charge is 0.336 e. The van der Waals surface area contributed by atoms with Crippen LogP contribution in [0.4, 0.5) is 0 Å². The Labute approximate surface area is 160 Å². The molecule has 1 aliphatic heterocycles. The van der Waals surface area contributed by atoms with Crippen molar-refractivity contribution in [2.24, 2.45) is 0 Å². The van der Waals surface area contributed by atoms with E-state index in [4.69, 9.17) is 4.74 Å². The van der Waals surface area contributed by atoms with Crippen LogP contribution in [-0.2, 0) is 19.4 Å². The lowest BCUT2D eigenvalue weighted by atomic mass is 9.98. The highest BCUT2D eigenvalue weighted by atomic mass is 32.2. The second kappa shape index (κ2) is 8.06. The average Bonchev–Trinajstić information content (AvgIpc) is 2.69. The lowest BCUT2D eigenvalue weighted by Gasteiger charge is -2.31. The standard InChI is InChI=1S/C21H23NO4S/c1-3-26-21(23)18-13-14-19(16-7-5-4-6-8-16)22-20(18)27(24,25)17-11-9-15(2)10-12-17/h4-13,19-20,22H,3,14H2,1-2H3. The monoisotopic (exact) mass is 385 g/mol. The van der Waals surface area contributed by atoms with E-state index in [0.717, 1.165) is 11.1 Å². The van der Waals surface area contributed by atoms with Crippen LogP contribution in [0.2, 0.25) is 0 Å². The first-order valence-electron chi connectivity index (χ1n) is 8.92. The first-order valence-corrected chi connectivity index (χ1v) is 10.5. The third-order valence-corrected chi connectivity index (χ3v) is 6.52. The van der Waals surface area contributed by atoms with Crippen LogP contribution in [0.5, 0.6) is 0 Å². The first-order chi connectivity index (χ1) is 12.9. The van der Waals surface area contributed by atoms with Crippen LogP contribution < -0.4 is 5.32 Å². The number of benzene rings is 2. The molecule has 0 aromatic heterocycles. The predicted molar refractivity (Wildman–Crippen MR) is 104 cm³/mol. The van der Waals surface area contributed by atoms with Crippen LogP contribution in [0.3, 0.4) is 0 Å². The fourth-order valence-corrected chi connectivity index (χ4v) is 4.79. The molecule has 27 heavy (non-hydrogen) atoms. The van der Waals surface area contributed by atoms with E-state index in [0.29, 0.717) is 6.42 Å². The molecule has 0 radical (unpaired) electrons. The minimum Gasteiger partial charge on any atom is -0.463 e. The Balaban J connectivity index is 2.01. The number of carbonyl (C=O) groups is 1. The maximum atomic E-state index is 13.3. The van der Waals surface area contributed by atoms with Crippen molar-refractivity contribution in [2.45, 2.75) is 36.6 Å². The molecular weight excluding hydrogens is 362 g/mol. The molecule has 1 N–H and O–H groups in total. The van der Waals surface area contributed by atoms with E-state index in [1.807, 2.05) is 37.3 Å². The Hall–Kier alpha value is -2.44. The van der Waals surface area contributed by atoms with E-state index in [1.54, 1.807) is 37.3 Å². The summed E-state index contributed by atoms with van der Waals surface area (Å²) in [4.78, 5) is 12.6. The van der Waals surface area contributed by atoms with Gasteiger partial charge in [-0.1, -0.05) is 54.1 Å². The number of rotatable bonds is 5. The van der Waals surface area contributed by atoms with Gasteiger partial charge in [0, 0.05) is 6.04 Å². The van der Waals surface area contributed by atoms with Crippen LogP contribution in [0.25, 0.3) is 0 Å². The molecule has 0 spiro atoms. The summed E-state index contributed by atoms with van der Waals surface area (Å²) in [5.74, 6) is -0.600. The van der Waals surface area contributed by atoms with E-state index in [1.165, 1.54) is 0 Å². The van der Waals surface area contributed by atoms with Crippen molar-refractivity contribution in [1.29, 1.82) is 0 Å². The number of sulfone groups is 1. The Bertz CT molecular complexity index is 934. The van der Waals surface area contributed by atoms with Crippen LogP contribution in [-0.4, -0.2) is 26.4 Å². The van der Waals surface area contributed by atoms with E-state index in [2.05, 4.69) is 5.32 Å². The van der Waals surface area contributed by atoms with Gasteiger partial charge in [0.25, 0.3) is 0 Å². The summed E-state index contributed by atoms with van der Waals surface area (Å²) in [6.45, 7) is 3.78. The molecule has 0 amide bonds. The van der Waals surface area contributed by atoms with Gasteiger partial charge in [-0.05, 0) is 38.0 Å². The Morgan fingerprint density at radius 2 is 1.78 bits per heavy atom. The molecule has 0 saturated heterocycles. The number of ether oxygens (including phenoxy) is 1. The van der Waals surface area contributed by atoms with Crippen molar-refractivity contribution in [1.82, 2.24) is 5.32 Å². The van der Waals surface area contributed by atoms with Crippen molar-refractivity contribution in [3.8, 4) is 0 Å². The lowest BCUT2D eigenvalue weighted by molar-refractivity contribution is -0.138. The van der Waals surface area contributed by atoms with Gasteiger partial charge >= 0.3 is 5.97 Å². The zero-order valence-electron chi connectivity index (χ0n) is 15.4.